The Kier molecular flexibility index (Phi) is 2.50. The summed E-state index contributed by atoms with van der Waals surface area (Å²) in [6, 6.07) is 1.69. The number of aliphatic hydroxyl groups is 2. The Morgan fingerprint density at radius 3 is 2.88 bits per heavy atom. The molecule has 5 fully saturated rings. The first-order valence-corrected chi connectivity index (χ1v) is 9.19. The highest BCUT2D eigenvalue weighted by atomic mass is 16.6. The number of ketones is 1. The largest absolute Gasteiger partial charge is 0.468 e. The molecule has 1 aromatic heterocycles. The van der Waals surface area contributed by atoms with Gasteiger partial charge in [0, 0.05) is 30.1 Å². The average Bonchev–Trinajstić information content (AvgIpc) is 3.17. The molecule has 2 N–H and O–H groups in total. The Bertz CT molecular complexity index is 860. The van der Waals surface area contributed by atoms with Crippen molar-refractivity contribution in [2.45, 2.75) is 50.1 Å². The minimum absolute atomic E-state index is 0.00613. The van der Waals surface area contributed by atoms with Gasteiger partial charge in [0.2, 0.25) is 0 Å². The number of fused-ring (bicyclic) bond motifs is 5. The Hall–Kier alpha value is -1.70. The normalized spacial score (nSPS) is 53.7. The van der Waals surface area contributed by atoms with Gasteiger partial charge in [0.25, 0.3) is 0 Å². The lowest BCUT2D eigenvalue weighted by atomic mass is 9.40. The predicted molar refractivity (Wildman–Crippen MR) is 83.9 cm³/mol. The van der Waals surface area contributed by atoms with Crippen LogP contribution in [-0.2, 0) is 14.3 Å². The third-order valence-corrected chi connectivity index (χ3v) is 8.12. The Balaban J connectivity index is 1.59. The summed E-state index contributed by atoms with van der Waals surface area (Å²) in [5.74, 6) is -2.28. The molecule has 138 valence electrons. The van der Waals surface area contributed by atoms with E-state index in [0.717, 1.165) is 0 Å². The predicted octanol–water partition coefficient (Wildman–Crippen LogP) is 0.987. The van der Waals surface area contributed by atoms with Gasteiger partial charge in [0.05, 0.1) is 24.5 Å². The number of aliphatic hydroxyl groups excluding tert-OH is 1. The smallest absolute Gasteiger partial charge is 0.318 e. The molecule has 26 heavy (non-hydrogen) atoms. The van der Waals surface area contributed by atoms with Crippen molar-refractivity contribution in [3.8, 4) is 0 Å². The molecule has 1 spiro atoms. The van der Waals surface area contributed by atoms with Crippen molar-refractivity contribution < 1.29 is 33.7 Å². The molecular formula is C19H20O7. The lowest BCUT2D eigenvalue weighted by Gasteiger charge is -2.67. The van der Waals surface area contributed by atoms with Gasteiger partial charge in [0.15, 0.2) is 11.6 Å². The monoisotopic (exact) mass is 360 g/mol. The molecule has 2 saturated carbocycles. The number of carbonyl (C=O) groups is 2. The zero-order valence-electron chi connectivity index (χ0n) is 14.3. The molecule has 7 rings (SSSR count). The van der Waals surface area contributed by atoms with E-state index in [-0.39, 0.29) is 43.0 Å². The zero-order valence-corrected chi connectivity index (χ0v) is 14.3. The van der Waals surface area contributed by atoms with Crippen LogP contribution < -0.4 is 0 Å². The highest BCUT2D eigenvalue weighted by molar-refractivity contribution is 5.98. The molecule has 7 heteroatoms. The van der Waals surface area contributed by atoms with Gasteiger partial charge < -0.3 is 24.1 Å². The molecule has 3 saturated heterocycles. The summed E-state index contributed by atoms with van der Waals surface area (Å²) in [5, 5.41) is 22.1. The summed E-state index contributed by atoms with van der Waals surface area (Å²) < 4.78 is 17.2. The van der Waals surface area contributed by atoms with Crippen LogP contribution in [0.3, 0.4) is 0 Å². The number of Topliss-reactive ketones (excluding diaryl/α,β-unsaturated/α-hetero) is 1. The van der Waals surface area contributed by atoms with Crippen molar-refractivity contribution in [3.05, 3.63) is 23.7 Å². The molecule has 0 amide bonds. The fourth-order valence-corrected chi connectivity index (χ4v) is 6.95. The van der Waals surface area contributed by atoms with E-state index in [2.05, 4.69) is 0 Å². The van der Waals surface area contributed by atoms with Crippen molar-refractivity contribution in [1.82, 2.24) is 0 Å². The number of esters is 1. The van der Waals surface area contributed by atoms with Crippen LogP contribution in [0, 0.1) is 22.7 Å². The highest BCUT2D eigenvalue weighted by Crippen LogP contribution is 2.73. The van der Waals surface area contributed by atoms with Gasteiger partial charge in [-0.05, 0) is 25.3 Å². The van der Waals surface area contributed by atoms with Gasteiger partial charge in [-0.1, -0.05) is 0 Å². The molecular weight excluding hydrogens is 340 g/mol. The molecule has 0 aromatic carbocycles. The molecule has 7 nitrogen and oxygen atoms in total. The third-order valence-electron chi connectivity index (χ3n) is 8.12. The molecule has 3 aliphatic carbocycles. The summed E-state index contributed by atoms with van der Waals surface area (Å²) in [4.78, 5) is 25.5. The van der Waals surface area contributed by atoms with Gasteiger partial charge >= 0.3 is 5.97 Å². The lowest BCUT2D eigenvalue weighted by Crippen LogP contribution is -2.77. The minimum Gasteiger partial charge on any atom is -0.468 e. The lowest BCUT2D eigenvalue weighted by molar-refractivity contribution is -0.398. The number of furan rings is 1. The standard InChI is InChI=1S/C19H20O7/c1-17-15-12(26-16(17)22)4-9-10(5-11(20)8-2-3-24-14(8)9)18(15)7-25-19(17,23)6-13(18)21/h2-3,9-10,12-13,15,21,23H,4-7H2,1H3/t9-,10-,12?,13+,15?,17+,18?,19-/m1/s1. The van der Waals surface area contributed by atoms with E-state index >= 15 is 0 Å². The second-order valence-electron chi connectivity index (χ2n) is 8.80. The van der Waals surface area contributed by atoms with Crippen LogP contribution in [0.4, 0.5) is 0 Å². The summed E-state index contributed by atoms with van der Waals surface area (Å²) in [5.41, 5.74) is -1.45. The summed E-state index contributed by atoms with van der Waals surface area (Å²) in [7, 11) is 0. The van der Waals surface area contributed by atoms with Crippen LogP contribution in [-0.4, -0.2) is 46.6 Å². The first-order chi connectivity index (χ1) is 12.3. The number of hydrogen-bond acceptors (Lipinski definition) is 7. The first kappa shape index (κ1) is 15.4. The van der Waals surface area contributed by atoms with Crippen molar-refractivity contribution in [1.29, 1.82) is 0 Å². The summed E-state index contributed by atoms with van der Waals surface area (Å²) in [6.45, 7) is 1.80. The van der Waals surface area contributed by atoms with Crippen molar-refractivity contribution in [2.75, 3.05) is 6.61 Å². The average molecular weight is 360 g/mol. The van der Waals surface area contributed by atoms with E-state index in [0.29, 0.717) is 17.7 Å². The van der Waals surface area contributed by atoms with Gasteiger partial charge in [-0.25, -0.2) is 0 Å². The number of rotatable bonds is 0. The van der Waals surface area contributed by atoms with E-state index in [1.54, 1.807) is 13.0 Å². The maximum Gasteiger partial charge on any atom is 0.318 e. The van der Waals surface area contributed by atoms with Crippen LogP contribution >= 0.6 is 0 Å². The molecule has 4 heterocycles. The second kappa shape index (κ2) is 4.24. The van der Waals surface area contributed by atoms with Gasteiger partial charge in [-0.15, -0.1) is 0 Å². The zero-order chi connectivity index (χ0) is 18.1. The van der Waals surface area contributed by atoms with Crippen molar-refractivity contribution >= 4 is 11.8 Å². The quantitative estimate of drug-likeness (QED) is 0.665. The second-order valence-corrected chi connectivity index (χ2v) is 8.80. The van der Waals surface area contributed by atoms with Crippen LogP contribution in [0.2, 0.25) is 0 Å². The van der Waals surface area contributed by atoms with E-state index in [9.17, 15) is 19.8 Å². The van der Waals surface area contributed by atoms with Crippen LogP contribution in [0.1, 0.15) is 48.2 Å². The van der Waals surface area contributed by atoms with E-state index in [1.807, 2.05) is 0 Å². The summed E-state index contributed by atoms with van der Waals surface area (Å²) in [6.07, 6.45) is 0.995. The SMILES string of the molecule is C[C@]12C(=O)OC3C[C@H]4c5occc5C(=O)C[C@H]4C4(CO[C@]1(O)C[C@@H]4O)C32. The minimum atomic E-state index is -1.73. The van der Waals surface area contributed by atoms with Crippen LogP contribution in [0.15, 0.2) is 16.7 Å². The summed E-state index contributed by atoms with van der Waals surface area (Å²) >= 11 is 0. The number of ether oxygens (including phenoxy) is 2. The maximum absolute atomic E-state index is 12.8. The molecule has 3 unspecified atom stereocenters. The van der Waals surface area contributed by atoms with Crippen LogP contribution in [0.25, 0.3) is 0 Å². The Morgan fingerprint density at radius 1 is 1.31 bits per heavy atom. The maximum atomic E-state index is 12.8. The van der Waals surface area contributed by atoms with Crippen molar-refractivity contribution in [2.24, 2.45) is 22.7 Å². The van der Waals surface area contributed by atoms with E-state index in [1.165, 1.54) is 6.26 Å². The molecule has 1 aromatic rings. The fraction of sp³-hybridized carbons (Fsp3) is 0.684. The first-order valence-electron chi connectivity index (χ1n) is 9.19. The Labute approximate surface area is 149 Å². The third kappa shape index (κ3) is 1.33. The van der Waals surface area contributed by atoms with Gasteiger partial charge in [-0.2, -0.15) is 0 Å². The van der Waals surface area contributed by atoms with Crippen molar-refractivity contribution in [3.63, 3.8) is 0 Å². The Morgan fingerprint density at radius 2 is 2.12 bits per heavy atom. The van der Waals surface area contributed by atoms with Gasteiger partial charge in [0.1, 0.15) is 17.3 Å². The van der Waals surface area contributed by atoms with Crippen LogP contribution in [0.5, 0.6) is 0 Å². The van der Waals surface area contributed by atoms with Gasteiger partial charge in [-0.3, -0.25) is 9.59 Å². The van der Waals surface area contributed by atoms with E-state index in [4.69, 9.17) is 13.9 Å². The fourth-order valence-electron chi connectivity index (χ4n) is 6.95. The highest BCUT2D eigenvalue weighted by Gasteiger charge is 2.82. The molecule has 6 aliphatic rings. The number of carbonyl (C=O) groups excluding carboxylic acids is 2. The topological polar surface area (TPSA) is 106 Å². The molecule has 0 radical (unpaired) electrons. The molecule has 8 atom stereocenters. The molecule has 3 aliphatic heterocycles. The molecule has 2 bridgehead atoms. The number of hydrogen-bond donors (Lipinski definition) is 2. The van der Waals surface area contributed by atoms with E-state index < -0.39 is 34.8 Å².